The largest absolute Gasteiger partial charge is 0.365 e. The summed E-state index contributed by atoms with van der Waals surface area (Å²) in [5.41, 5.74) is 1.99. The second-order valence-electron chi connectivity index (χ2n) is 5.28. The molecule has 1 heterocycles. The summed E-state index contributed by atoms with van der Waals surface area (Å²) in [6, 6.07) is 14.4. The lowest BCUT2D eigenvalue weighted by atomic mass is 10.1. The third kappa shape index (κ3) is 3.63. The van der Waals surface area contributed by atoms with E-state index in [1.807, 2.05) is 18.2 Å². The molecule has 0 saturated carbocycles. The molecule has 1 unspecified atom stereocenters. The van der Waals surface area contributed by atoms with Crippen molar-refractivity contribution >= 4 is 34.8 Å². The van der Waals surface area contributed by atoms with Gasteiger partial charge in [0.15, 0.2) is 0 Å². The minimum Gasteiger partial charge on any atom is -0.365 e. The van der Waals surface area contributed by atoms with E-state index >= 15 is 0 Å². The van der Waals surface area contributed by atoms with Crippen LogP contribution in [0.15, 0.2) is 48.5 Å². The Labute approximate surface area is 139 Å². The third-order valence-electron chi connectivity index (χ3n) is 3.61. The van der Waals surface area contributed by atoms with Gasteiger partial charge in [-0.1, -0.05) is 35.9 Å². The van der Waals surface area contributed by atoms with Crippen LogP contribution in [0.2, 0.25) is 5.02 Å². The molecule has 2 amide bonds. The summed E-state index contributed by atoms with van der Waals surface area (Å²) in [7, 11) is 0. The van der Waals surface area contributed by atoms with Gasteiger partial charge in [0, 0.05) is 12.1 Å². The molecule has 23 heavy (non-hydrogen) atoms. The molecule has 1 aliphatic rings. The number of anilines is 2. The standard InChI is InChI=1S/C17H16ClN3O2/c18-12-6-2-4-8-14(12)20-16(22)10-9-15-19-13-7-3-1-5-11(13)17(23)21-15/h1-8,15,19H,9-10H2,(H,20,22)(H,21,23). The van der Waals surface area contributed by atoms with Crippen molar-refractivity contribution in [2.24, 2.45) is 0 Å². The van der Waals surface area contributed by atoms with Crippen LogP contribution in [0.25, 0.3) is 0 Å². The first-order valence-electron chi connectivity index (χ1n) is 7.34. The van der Waals surface area contributed by atoms with Crippen LogP contribution in [0.1, 0.15) is 23.2 Å². The molecule has 2 aromatic carbocycles. The fraction of sp³-hybridized carbons (Fsp3) is 0.176. The maximum absolute atomic E-state index is 12.0. The van der Waals surface area contributed by atoms with Crippen LogP contribution in [-0.4, -0.2) is 18.0 Å². The van der Waals surface area contributed by atoms with E-state index in [1.54, 1.807) is 30.3 Å². The van der Waals surface area contributed by atoms with Crippen LogP contribution in [-0.2, 0) is 4.79 Å². The lowest BCUT2D eigenvalue weighted by Gasteiger charge is -2.27. The smallest absolute Gasteiger partial charge is 0.254 e. The second-order valence-corrected chi connectivity index (χ2v) is 5.69. The zero-order valence-corrected chi connectivity index (χ0v) is 13.1. The van der Waals surface area contributed by atoms with Gasteiger partial charge in [0.1, 0.15) is 0 Å². The van der Waals surface area contributed by atoms with Gasteiger partial charge in [-0.2, -0.15) is 0 Å². The Kier molecular flexibility index (Phi) is 4.48. The van der Waals surface area contributed by atoms with Gasteiger partial charge in [-0.25, -0.2) is 0 Å². The Bertz CT molecular complexity index is 748. The number of nitrogens with one attached hydrogen (secondary N) is 3. The maximum atomic E-state index is 12.0. The van der Waals surface area contributed by atoms with Crippen LogP contribution in [0.3, 0.4) is 0 Å². The molecule has 0 aliphatic carbocycles. The lowest BCUT2D eigenvalue weighted by molar-refractivity contribution is -0.116. The Morgan fingerprint density at radius 1 is 1.09 bits per heavy atom. The molecule has 3 N–H and O–H groups in total. The normalized spacial score (nSPS) is 16.0. The van der Waals surface area contributed by atoms with E-state index in [9.17, 15) is 9.59 Å². The SMILES string of the molecule is O=C(CCC1NC(=O)c2ccccc2N1)Nc1ccccc1Cl. The highest BCUT2D eigenvalue weighted by molar-refractivity contribution is 6.33. The molecule has 0 fully saturated rings. The van der Waals surface area contributed by atoms with Crippen LogP contribution in [0.5, 0.6) is 0 Å². The van der Waals surface area contributed by atoms with Gasteiger partial charge >= 0.3 is 0 Å². The first-order chi connectivity index (χ1) is 11.1. The zero-order valence-electron chi connectivity index (χ0n) is 12.3. The van der Waals surface area contributed by atoms with Crippen LogP contribution in [0.4, 0.5) is 11.4 Å². The van der Waals surface area contributed by atoms with Crippen LogP contribution < -0.4 is 16.0 Å². The predicted molar refractivity (Wildman–Crippen MR) is 90.6 cm³/mol. The molecular weight excluding hydrogens is 314 g/mol. The third-order valence-corrected chi connectivity index (χ3v) is 3.94. The summed E-state index contributed by atoms with van der Waals surface area (Å²) in [5, 5.41) is 9.33. The monoisotopic (exact) mass is 329 g/mol. The molecule has 0 bridgehead atoms. The average Bonchev–Trinajstić information content (AvgIpc) is 2.55. The second kappa shape index (κ2) is 6.71. The molecule has 1 atom stereocenters. The number of rotatable bonds is 4. The summed E-state index contributed by atoms with van der Waals surface area (Å²) in [6.07, 6.45) is 0.483. The highest BCUT2D eigenvalue weighted by Crippen LogP contribution is 2.22. The Hall–Kier alpha value is -2.53. The highest BCUT2D eigenvalue weighted by Gasteiger charge is 2.23. The van der Waals surface area contributed by atoms with Crippen molar-refractivity contribution in [1.82, 2.24) is 5.32 Å². The zero-order chi connectivity index (χ0) is 16.2. The molecule has 0 aromatic heterocycles. The van der Waals surface area contributed by atoms with Crippen molar-refractivity contribution in [2.45, 2.75) is 19.0 Å². The molecular formula is C17H16ClN3O2. The summed E-state index contributed by atoms with van der Waals surface area (Å²) in [5.74, 6) is -0.274. The molecule has 1 aliphatic heterocycles. The van der Waals surface area contributed by atoms with Gasteiger partial charge in [-0.05, 0) is 30.7 Å². The number of carbonyl (C=O) groups is 2. The predicted octanol–water partition coefficient (Wildman–Crippen LogP) is 3.24. The molecule has 5 nitrogen and oxygen atoms in total. The number of hydrogen-bond donors (Lipinski definition) is 3. The van der Waals surface area contributed by atoms with E-state index in [4.69, 9.17) is 11.6 Å². The number of amides is 2. The van der Waals surface area contributed by atoms with E-state index in [-0.39, 0.29) is 24.4 Å². The number of benzene rings is 2. The van der Waals surface area contributed by atoms with Crippen molar-refractivity contribution < 1.29 is 9.59 Å². The summed E-state index contributed by atoms with van der Waals surface area (Å²) in [6.45, 7) is 0. The first-order valence-corrected chi connectivity index (χ1v) is 7.72. The molecule has 118 valence electrons. The highest BCUT2D eigenvalue weighted by atomic mass is 35.5. The number of fused-ring (bicyclic) bond motifs is 1. The minimum absolute atomic E-state index is 0.129. The van der Waals surface area contributed by atoms with Gasteiger partial charge in [-0.15, -0.1) is 0 Å². The van der Waals surface area contributed by atoms with Gasteiger partial charge in [0.05, 0.1) is 22.4 Å². The van der Waals surface area contributed by atoms with E-state index in [2.05, 4.69) is 16.0 Å². The van der Waals surface area contributed by atoms with Crippen molar-refractivity contribution in [2.75, 3.05) is 10.6 Å². The summed E-state index contributed by atoms with van der Waals surface area (Å²) in [4.78, 5) is 24.0. The average molecular weight is 330 g/mol. The number of carbonyl (C=O) groups excluding carboxylic acids is 2. The summed E-state index contributed by atoms with van der Waals surface area (Å²) < 4.78 is 0. The fourth-order valence-electron chi connectivity index (χ4n) is 2.46. The fourth-order valence-corrected chi connectivity index (χ4v) is 2.64. The van der Waals surface area contributed by atoms with Crippen LogP contribution in [0, 0.1) is 0 Å². The Morgan fingerprint density at radius 2 is 1.83 bits per heavy atom. The Morgan fingerprint density at radius 3 is 2.65 bits per heavy atom. The van der Waals surface area contributed by atoms with Crippen molar-refractivity contribution in [3.05, 3.63) is 59.1 Å². The molecule has 0 saturated heterocycles. The van der Waals surface area contributed by atoms with Crippen molar-refractivity contribution in [3.8, 4) is 0 Å². The quantitative estimate of drug-likeness (QED) is 0.806. The van der Waals surface area contributed by atoms with E-state index in [0.29, 0.717) is 22.7 Å². The first kappa shape index (κ1) is 15.4. The van der Waals surface area contributed by atoms with Gasteiger partial charge in [0.2, 0.25) is 5.91 Å². The molecule has 2 aromatic rings. The molecule has 6 heteroatoms. The number of hydrogen-bond acceptors (Lipinski definition) is 3. The van der Waals surface area contributed by atoms with E-state index < -0.39 is 0 Å². The maximum Gasteiger partial charge on any atom is 0.254 e. The van der Waals surface area contributed by atoms with Crippen LogP contribution >= 0.6 is 11.6 Å². The summed E-state index contributed by atoms with van der Waals surface area (Å²) >= 11 is 6.01. The lowest BCUT2D eigenvalue weighted by Crippen LogP contribution is -2.45. The topological polar surface area (TPSA) is 70.2 Å². The Balaban J connectivity index is 1.56. The molecule has 0 spiro atoms. The number of halogens is 1. The van der Waals surface area contributed by atoms with Gasteiger partial charge in [-0.3, -0.25) is 9.59 Å². The van der Waals surface area contributed by atoms with Crippen molar-refractivity contribution in [1.29, 1.82) is 0 Å². The van der Waals surface area contributed by atoms with Gasteiger partial charge < -0.3 is 16.0 Å². The van der Waals surface area contributed by atoms with Crippen molar-refractivity contribution in [3.63, 3.8) is 0 Å². The molecule has 0 radical (unpaired) electrons. The van der Waals surface area contributed by atoms with E-state index in [1.165, 1.54) is 0 Å². The van der Waals surface area contributed by atoms with Gasteiger partial charge in [0.25, 0.3) is 5.91 Å². The minimum atomic E-state index is -0.269. The molecule has 3 rings (SSSR count). The number of para-hydroxylation sites is 2. The van der Waals surface area contributed by atoms with E-state index in [0.717, 1.165) is 5.69 Å².